The van der Waals surface area contributed by atoms with E-state index < -0.39 is 22.7 Å². The lowest BCUT2D eigenvalue weighted by Crippen LogP contribution is -2.46. The van der Waals surface area contributed by atoms with Crippen molar-refractivity contribution in [1.29, 1.82) is 0 Å². The van der Waals surface area contributed by atoms with Crippen molar-refractivity contribution >= 4 is 16.6 Å². The van der Waals surface area contributed by atoms with E-state index in [1.165, 1.54) is 0 Å². The number of methoxy groups -OCH3 is 1. The number of aliphatic hydroxyl groups is 1. The summed E-state index contributed by atoms with van der Waals surface area (Å²) >= 11 is 0. The fourth-order valence-corrected chi connectivity index (χ4v) is 6.45. The van der Waals surface area contributed by atoms with Gasteiger partial charge in [-0.15, -0.1) is 5.92 Å². The summed E-state index contributed by atoms with van der Waals surface area (Å²) in [5.41, 5.74) is 2.21. The van der Waals surface area contributed by atoms with Gasteiger partial charge in [-0.3, -0.25) is 0 Å². The molecular formula is C37H60O6Si2. The summed E-state index contributed by atoms with van der Waals surface area (Å²) in [5, 5.41) is 10.9. The third kappa shape index (κ3) is 13.7. The predicted octanol–water partition coefficient (Wildman–Crippen LogP) is 8.60. The van der Waals surface area contributed by atoms with Gasteiger partial charge >= 0.3 is 0 Å². The van der Waals surface area contributed by atoms with Crippen molar-refractivity contribution in [2.24, 2.45) is 5.92 Å². The predicted molar refractivity (Wildman–Crippen MR) is 190 cm³/mol. The maximum atomic E-state index is 10.8. The average Bonchev–Trinajstić information content (AvgIpc) is 2.96. The fourth-order valence-electron chi connectivity index (χ4n) is 4.02. The molecule has 0 aliphatic heterocycles. The summed E-state index contributed by atoms with van der Waals surface area (Å²) in [6.45, 7) is 24.6. The van der Waals surface area contributed by atoms with Gasteiger partial charge in [0.2, 0.25) is 0 Å². The van der Waals surface area contributed by atoms with Crippen molar-refractivity contribution in [1.82, 2.24) is 0 Å². The standard InChI is InChI=1S/C37H60O6Si2/c1-36(2,3)44(8,9)42-29-33(38)19-15-18-32(28-41-27-31-20-22-34(39-7)23-21-31)35(43-45(10,11)37(4,5)6)24-25-40-26-30-16-13-12-14-17-30/h12-14,16-17,20-23,32-33,35,38H,19,24-29H2,1-11H3/t32-,33-,35-/m0/s1. The second kappa shape index (κ2) is 17.8. The molecule has 0 unspecified atom stereocenters. The van der Waals surface area contributed by atoms with E-state index >= 15 is 0 Å². The van der Waals surface area contributed by atoms with E-state index in [0.717, 1.165) is 16.9 Å². The molecule has 0 radical (unpaired) electrons. The highest BCUT2D eigenvalue weighted by molar-refractivity contribution is 6.74. The first kappa shape index (κ1) is 39.2. The number of rotatable bonds is 17. The zero-order valence-corrected chi connectivity index (χ0v) is 31.9. The quantitative estimate of drug-likeness (QED) is 0.105. The van der Waals surface area contributed by atoms with Gasteiger partial charge in [-0.2, -0.15) is 0 Å². The summed E-state index contributed by atoms with van der Waals surface area (Å²) in [6, 6.07) is 18.1. The van der Waals surface area contributed by atoms with Crippen molar-refractivity contribution in [2.45, 2.75) is 116 Å². The lowest BCUT2D eigenvalue weighted by Gasteiger charge is -2.40. The van der Waals surface area contributed by atoms with Gasteiger partial charge in [-0.25, -0.2) is 0 Å². The smallest absolute Gasteiger partial charge is 0.192 e. The average molecular weight is 657 g/mol. The molecule has 2 aromatic carbocycles. The number of hydrogen-bond acceptors (Lipinski definition) is 6. The maximum absolute atomic E-state index is 10.8. The van der Waals surface area contributed by atoms with E-state index in [4.69, 9.17) is 23.1 Å². The monoisotopic (exact) mass is 656 g/mol. The molecule has 2 aromatic rings. The highest BCUT2D eigenvalue weighted by Crippen LogP contribution is 2.39. The third-order valence-electron chi connectivity index (χ3n) is 9.15. The number of hydrogen-bond donors (Lipinski definition) is 1. The Morgan fingerprint density at radius 3 is 1.91 bits per heavy atom. The van der Waals surface area contributed by atoms with Gasteiger partial charge in [-0.1, -0.05) is 89.9 Å². The van der Waals surface area contributed by atoms with Crippen molar-refractivity contribution in [3.05, 3.63) is 65.7 Å². The molecule has 6 nitrogen and oxygen atoms in total. The Labute approximate surface area is 276 Å². The van der Waals surface area contributed by atoms with E-state index in [1.54, 1.807) is 7.11 Å². The highest BCUT2D eigenvalue weighted by Gasteiger charge is 2.41. The minimum absolute atomic E-state index is 0.0371. The van der Waals surface area contributed by atoms with Crippen molar-refractivity contribution in [2.75, 3.05) is 26.9 Å². The van der Waals surface area contributed by atoms with Crippen LogP contribution in [0, 0.1) is 17.8 Å². The van der Waals surface area contributed by atoms with E-state index in [-0.39, 0.29) is 22.1 Å². The Morgan fingerprint density at radius 1 is 0.756 bits per heavy atom. The summed E-state index contributed by atoms with van der Waals surface area (Å²) < 4.78 is 30.9. The molecule has 1 N–H and O–H groups in total. The Hall–Kier alpha value is -1.97. The Balaban J connectivity index is 2.21. The van der Waals surface area contributed by atoms with Crippen LogP contribution in [0.5, 0.6) is 5.75 Å². The first-order valence-corrected chi connectivity index (χ1v) is 22.1. The fraction of sp³-hybridized carbons (Fsp3) is 0.622. The molecule has 45 heavy (non-hydrogen) atoms. The molecule has 0 bridgehead atoms. The largest absolute Gasteiger partial charge is 0.497 e. The number of benzene rings is 2. The van der Waals surface area contributed by atoms with E-state index in [9.17, 15) is 5.11 Å². The minimum atomic E-state index is -2.14. The molecule has 8 heteroatoms. The normalized spacial score (nSPS) is 14.8. The molecule has 0 saturated carbocycles. The molecule has 0 heterocycles. The van der Waals surface area contributed by atoms with E-state index in [1.807, 2.05) is 42.5 Å². The Kier molecular flexibility index (Phi) is 15.5. The number of aliphatic hydroxyl groups excluding tert-OH is 1. The van der Waals surface area contributed by atoms with E-state index in [0.29, 0.717) is 45.9 Å². The Morgan fingerprint density at radius 2 is 1.33 bits per heavy atom. The molecule has 2 rings (SSSR count). The highest BCUT2D eigenvalue weighted by atomic mass is 28.4. The van der Waals surface area contributed by atoms with Gasteiger partial charge in [0.15, 0.2) is 16.6 Å². The molecule has 0 amide bonds. The topological polar surface area (TPSA) is 66.4 Å². The molecule has 0 spiro atoms. The van der Waals surface area contributed by atoms with Gasteiger partial charge in [0, 0.05) is 13.0 Å². The summed E-state index contributed by atoms with van der Waals surface area (Å²) in [4.78, 5) is 0. The first-order valence-electron chi connectivity index (χ1n) is 16.3. The van der Waals surface area contributed by atoms with Crippen LogP contribution in [0.4, 0.5) is 0 Å². The van der Waals surface area contributed by atoms with Crippen LogP contribution in [0.3, 0.4) is 0 Å². The molecule has 252 valence electrons. The third-order valence-corrected chi connectivity index (χ3v) is 18.2. The van der Waals surface area contributed by atoms with Crippen molar-refractivity contribution in [3.63, 3.8) is 0 Å². The molecule has 3 atom stereocenters. The lowest BCUT2D eigenvalue weighted by atomic mass is 10.0. The summed E-state index contributed by atoms with van der Waals surface area (Å²) in [7, 11) is -2.43. The van der Waals surface area contributed by atoms with Crippen molar-refractivity contribution < 1.29 is 28.2 Å². The van der Waals surface area contributed by atoms with Gasteiger partial charge in [0.05, 0.1) is 51.7 Å². The Bertz CT molecular complexity index is 1170. The van der Waals surface area contributed by atoms with Gasteiger partial charge in [-0.05, 0) is 65.9 Å². The van der Waals surface area contributed by atoms with Crippen LogP contribution in [0.2, 0.25) is 36.3 Å². The maximum Gasteiger partial charge on any atom is 0.192 e. The second-order valence-electron chi connectivity index (χ2n) is 15.0. The molecule has 0 saturated heterocycles. The zero-order chi connectivity index (χ0) is 33.7. The molecule has 0 aliphatic rings. The first-order chi connectivity index (χ1) is 20.9. The van der Waals surface area contributed by atoms with Crippen LogP contribution in [-0.2, 0) is 31.5 Å². The van der Waals surface area contributed by atoms with Crippen molar-refractivity contribution in [3.8, 4) is 17.6 Å². The zero-order valence-electron chi connectivity index (χ0n) is 29.9. The van der Waals surface area contributed by atoms with Crippen LogP contribution >= 0.6 is 0 Å². The van der Waals surface area contributed by atoms with Gasteiger partial charge < -0.3 is 28.2 Å². The SMILES string of the molecule is COc1ccc(COC[C@H](C#CC[C@H](O)CO[Si](C)(C)C(C)(C)C)[C@H](CCOCc2ccccc2)O[Si](C)(C)C(C)(C)C)cc1. The summed E-state index contributed by atoms with van der Waals surface area (Å²) in [6.07, 6.45) is 0.204. The number of ether oxygens (including phenoxy) is 3. The van der Waals surface area contributed by atoms with Crippen LogP contribution in [0.1, 0.15) is 65.5 Å². The summed E-state index contributed by atoms with van der Waals surface area (Å²) in [5.74, 6) is 7.36. The molecular weight excluding hydrogens is 597 g/mol. The second-order valence-corrected chi connectivity index (χ2v) is 24.5. The van der Waals surface area contributed by atoms with Crippen LogP contribution in [-0.4, -0.2) is 60.9 Å². The molecule has 0 aliphatic carbocycles. The van der Waals surface area contributed by atoms with Crippen LogP contribution < -0.4 is 4.74 Å². The van der Waals surface area contributed by atoms with Crippen LogP contribution in [0.25, 0.3) is 0 Å². The lowest BCUT2D eigenvalue weighted by molar-refractivity contribution is 0.0247. The molecule has 0 fully saturated rings. The van der Waals surface area contributed by atoms with E-state index in [2.05, 4.69) is 91.7 Å². The van der Waals surface area contributed by atoms with Crippen LogP contribution in [0.15, 0.2) is 54.6 Å². The van der Waals surface area contributed by atoms with Gasteiger partial charge in [0.1, 0.15) is 5.75 Å². The molecule has 0 aromatic heterocycles. The minimum Gasteiger partial charge on any atom is -0.497 e. The van der Waals surface area contributed by atoms with Gasteiger partial charge in [0.25, 0.3) is 0 Å².